The van der Waals surface area contributed by atoms with Gasteiger partial charge in [0.2, 0.25) is 23.6 Å². The van der Waals surface area contributed by atoms with Gasteiger partial charge >= 0.3 is 11.9 Å². The van der Waals surface area contributed by atoms with Crippen LogP contribution in [0.3, 0.4) is 0 Å². The van der Waals surface area contributed by atoms with Crippen LogP contribution in [0.25, 0.3) is 0 Å². The molecule has 2 N–H and O–H groups in total. The zero-order chi connectivity index (χ0) is 40.3. The number of carbonyl (C=O) groups excluding carboxylic acids is 7. The fraction of sp³-hybridized carbons (Fsp3) is 0.625. The molecule has 1 aromatic carbocycles. The van der Waals surface area contributed by atoms with Crippen molar-refractivity contribution in [1.29, 1.82) is 0 Å². The number of esters is 2. The van der Waals surface area contributed by atoms with Crippen LogP contribution in [0.1, 0.15) is 85.6 Å². The SMILES string of the molecule is C#CCCC[C@H]1OC(=O)CNC(=O)[C@@H](Cc2ccccc2)N(C)C(=O)[C@@H]2CCCN2C(=O)[C@H]([C@@H](C)CC)N(C)C(=O)[C@H](C)NC(=O)[C@H](C)OC(=O)C1(C)C. The first kappa shape index (κ1) is 43.5. The highest BCUT2D eigenvalue weighted by atomic mass is 16.6. The molecule has 0 aliphatic carbocycles. The molecule has 54 heavy (non-hydrogen) atoms. The number of fused-ring (bicyclic) bond motifs is 1. The average molecular weight is 752 g/mol. The number of carbonyl (C=O) groups is 7. The number of benzene rings is 1. The quantitative estimate of drug-likeness (QED) is 0.241. The highest BCUT2D eigenvalue weighted by Crippen LogP contribution is 2.30. The fourth-order valence-electron chi connectivity index (χ4n) is 6.87. The predicted molar refractivity (Wildman–Crippen MR) is 200 cm³/mol. The molecule has 0 saturated carbocycles. The minimum atomic E-state index is -1.46. The molecule has 296 valence electrons. The molecule has 5 amide bonds. The highest BCUT2D eigenvalue weighted by molar-refractivity contribution is 5.96. The molecule has 2 saturated heterocycles. The maximum Gasteiger partial charge on any atom is 0.325 e. The number of hydrogen-bond donors (Lipinski definition) is 2. The first-order chi connectivity index (χ1) is 25.5. The van der Waals surface area contributed by atoms with Crippen molar-refractivity contribution >= 4 is 41.5 Å². The topological polar surface area (TPSA) is 172 Å². The van der Waals surface area contributed by atoms with Gasteiger partial charge in [-0.15, -0.1) is 12.3 Å². The van der Waals surface area contributed by atoms with Gasteiger partial charge in [0.05, 0.1) is 5.41 Å². The molecule has 14 heteroatoms. The van der Waals surface area contributed by atoms with Crippen molar-refractivity contribution in [2.75, 3.05) is 27.2 Å². The fourth-order valence-corrected chi connectivity index (χ4v) is 6.87. The normalized spacial score (nSPS) is 27.4. The molecule has 2 aliphatic heterocycles. The Hall–Kier alpha value is -4.93. The Bertz CT molecular complexity index is 1570. The number of nitrogens with zero attached hydrogens (tertiary/aromatic N) is 3. The van der Waals surface area contributed by atoms with Gasteiger partial charge in [-0.25, -0.2) is 0 Å². The standard InChI is InChI=1S/C40H57N5O9/c1-10-12-14-21-31-40(6,7)39(52)53-27(5)34(47)42-26(4)36(49)44(9)33(25(3)11-2)38(51)45-22-17-20-29(45)37(50)43(8)30(23-28-18-15-13-16-19-28)35(48)41-24-32(46)54-31/h1,13,15-16,18-19,25-27,29-31,33H,11-12,14,17,20-24H2,2-9H3,(H,41,48)(H,42,47)/t25-,26-,27-,29-,30+,31+,33-/m0/s1. The van der Waals surface area contributed by atoms with E-state index in [1.807, 2.05) is 44.2 Å². The molecule has 0 aromatic heterocycles. The second kappa shape index (κ2) is 19.4. The van der Waals surface area contributed by atoms with Crippen LogP contribution in [0.4, 0.5) is 0 Å². The molecule has 0 spiro atoms. The Morgan fingerprint density at radius 1 is 0.944 bits per heavy atom. The van der Waals surface area contributed by atoms with Crippen LogP contribution in [-0.2, 0) is 49.5 Å². The summed E-state index contributed by atoms with van der Waals surface area (Å²) in [6.45, 7) is 9.30. The Balaban J connectivity index is 2.07. The van der Waals surface area contributed by atoms with E-state index in [4.69, 9.17) is 15.9 Å². The van der Waals surface area contributed by atoms with Crippen molar-refractivity contribution < 1.29 is 43.0 Å². The molecule has 2 fully saturated rings. The number of hydrogen-bond acceptors (Lipinski definition) is 9. The summed E-state index contributed by atoms with van der Waals surface area (Å²) >= 11 is 0. The second-order valence-corrected chi connectivity index (χ2v) is 14.9. The molecule has 2 heterocycles. The van der Waals surface area contributed by atoms with Crippen LogP contribution < -0.4 is 10.6 Å². The van der Waals surface area contributed by atoms with Gasteiger partial charge in [0.15, 0.2) is 6.10 Å². The van der Waals surface area contributed by atoms with Crippen LogP contribution in [0.15, 0.2) is 30.3 Å². The van der Waals surface area contributed by atoms with E-state index in [-0.39, 0.29) is 25.3 Å². The first-order valence-corrected chi connectivity index (χ1v) is 18.8. The second-order valence-electron chi connectivity index (χ2n) is 14.9. The average Bonchev–Trinajstić information content (AvgIpc) is 3.64. The van der Waals surface area contributed by atoms with E-state index in [1.165, 1.54) is 56.5 Å². The Morgan fingerprint density at radius 2 is 1.61 bits per heavy atom. The molecule has 0 unspecified atom stereocenters. The van der Waals surface area contributed by atoms with Crippen molar-refractivity contribution in [3.8, 4) is 12.3 Å². The van der Waals surface area contributed by atoms with Gasteiger partial charge in [0.25, 0.3) is 5.91 Å². The van der Waals surface area contributed by atoms with Gasteiger partial charge in [-0.05, 0) is 64.9 Å². The third-order valence-corrected chi connectivity index (χ3v) is 10.6. The maximum absolute atomic E-state index is 14.4. The number of amides is 5. The van der Waals surface area contributed by atoms with Gasteiger partial charge in [-0.3, -0.25) is 33.6 Å². The lowest BCUT2D eigenvalue weighted by atomic mass is 9.83. The van der Waals surface area contributed by atoms with Gasteiger partial charge < -0.3 is 34.8 Å². The Morgan fingerprint density at radius 3 is 2.24 bits per heavy atom. The number of cyclic esters (lactones) is 2. The van der Waals surface area contributed by atoms with Crippen molar-refractivity contribution in [3.63, 3.8) is 0 Å². The summed E-state index contributed by atoms with van der Waals surface area (Å²) in [5, 5.41) is 5.21. The lowest BCUT2D eigenvalue weighted by Crippen LogP contribution is -2.60. The lowest BCUT2D eigenvalue weighted by Gasteiger charge is -2.38. The number of ether oxygens (including phenoxy) is 2. The van der Waals surface area contributed by atoms with Crippen molar-refractivity contribution in [2.24, 2.45) is 11.3 Å². The van der Waals surface area contributed by atoms with Gasteiger partial charge in [-0.2, -0.15) is 0 Å². The van der Waals surface area contributed by atoms with Crippen LogP contribution in [-0.4, -0.2) is 120 Å². The Kier molecular flexibility index (Phi) is 15.6. The summed E-state index contributed by atoms with van der Waals surface area (Å²) < 4.78 is 11.3. The van der Waals surface area contributed by atoms with Crippen molar-refractivity contribution in [3.05, 3.63) is 35.9 Å². The van der Waals surface area contributed by atoms with Crippen molar-refractivity contribution in [2.45, 2.75) is 123 Å². The number of unbranched alkanes of at least 4 members (excludes halogenated alkanes) is 1. The molecular formula is C40H57N5O9. The minimum Gasteiger partial charge on any atom is -0.460 e. The molecule has 0 radical (unpaired) electrons. The summed E-state index contributed by atoms with van der Waals surface area (Å²) in [5.74, 6) is -2.27. The van der Waals surface area contributed by atoms with Gasteiger partial charge in [0.1, 0.15) is 36.8 Å². The van der Waals surface area contributed by atoms with E-state index in [9.17, 15) is 33.6 Å². The van der Waals surface area contributed by atoms with Gasteiger partial charge in [0, 0.05) is 33.5 Å². The van der Waals surface area contributed by atoms with E-state index in [0.29, 0.717) is 32.1 Å². The van der Waals surface area contributed by atoms with Crippen LogP contribution >= 0.6 is 0 Å². The predicted octanol–water partition coefficient (Wildman–Crippen LogP) is 2.23. The summed E-state index contributed by atoms with van der Waals surface area (Å²) in [7, 11) is 2.99. The number of rotatable bonds is 7. The van der Waals surface area contributed by atoms with Crippen LogP contribution in [0, 0.1) is 23.7 Å². The van der Waals surface area contributed by atoms with E-state index in [2.05, 4.69) is 16.6 Å². The van der Waals surface area contributed by atoms with Crippen molar-refractivity contribution in [1.82, 2.24) is 25.3 Å². The van der Waals surface area contributed by atoms with E-state index in [1.54, 1.807) is 0 Å². The van der Waals surface area contributed by atoms with E-state index in [0.717, 1.165) is 5.56 Å². The third-order valence-electron chi connectivity index (χ3n) is 10.6. The molecule has 1 aromatic rings. The monoisotopic (exact) mass is 751 g/mol. The molecule has 2 aliphatic rings. The molecular weight excluding hydrogens is 694 g/mol. The minimum absolute atomic E-state index is 0.118. The zero-order valence-electron chi connectivity index (χ0n) is 32.9. The highest BCUT2D eigenvalue weighted by Gasteiger charge is 2.45. The third kappa shape index (κ3) is 10.6. The molecule has 14 nitrogen and oxygen atoms in total. The van der Waals surface area contributed by atoms with Crippen LogP contribution in [0.5, 0.6) is 0 Å². The lowest BCUT2D eigenvalue weighted by molar-refractivity contribution is -0.176. The molecule has 0 bridgehead atoms. The summed E-state index contributed by atoms with van der Waals surface area (Å²) in [6.07, 6.45) is 5.55. The number of likely N-dealkylation sites (N-methyl/N-ethyl adjacent to an activating group) is 2. The number of nitrogens with one attached hydrogen (secondary N) is 2. The zero-order valence-corrected chi connectivity index (χ0v) is 32.9. The molecule has 3 rings (SSSR count). The summed E-state index contributed by atoms with van der Waals surface area (Å²) in [6, 6.07) is 5.06. The number of terminal acetylenes is 1. The first-order valence-electron chi connectivity index (χ1n) is 18.8. The van der Waals surface area contributed by atoms with E-state index < -0.39 is 89.8 Å². The Labute approximate surface area is 319 Å². The smallest absolute Gasteiger partial charge is 0.325 e. The van der Waals surface area contributed by atoms with Gasteiger partial charge in [-0.1, -0.05) is 50.6 Å². The van der Waals surface area contributed by atoms with Crippen LogP contribution in [0.2, 0.25) is 0 Å². The largest absolute Gasteiger partial charge is 0.460 e. The summed E-state index contributed by atoms with van der Waals surface area (Å²) in [4.78, 5) is 100. The summed E-state index contributed by atoms with van der Waals surface area (Å²) in [5.41, 5.74) is -0.692. The molecule has 7 atom stereocenters. The maximum atomic E-state index is 14.4. The van der Waals surface area contributed by atoms with E-state index >= 15 is 0 Å².